The molecule has 0 aromatic rings. The molecule has 0 aliphatic carbocycles. The van der Waals surface area contributed by atoms with Crippen LogP contribution in [0.3, 0.4) is 0 Å². The first kappa shape index (κ1) is 11.5. The quantitative estimate of drug-likeness (QED) is 0.423. The van der Waals surface area contributed by atoms with Crippen molar-refractivity contribution in [3.05, 3.63) is 0 Å². The summed E-state index contributed by atoms with van der Waals surface area (Å²) in [6, 6.07) is 0. The van der Waals surface area contributed by atoms with Gasteiger partial charge in [-0.3, -0.25) is 4.79 Å². The van der Waals surface area contributed by atoms with Crippen molar-refractivity contribution in [1.82, 2.24) is 0 Å². The van der Waals surface area contributed by atoms with Gasteiger partial charge in [0.05, 0.1) is 6.61 Å². The summed E-state index contributed by atoms with van der Waals surface area (Å²) in [4.78, 5) is 10.2. The molecule has 0 N–H and O–H groups in total. The molecule has 0 atom stereocenters. The third kappa shape index (κ3) is 6.73. The van der Waals surface area contributed by atoms with Crippen molar-refractivity contribution in [2.75, 3.05) is 6.61 Å². The molecule has 0 aromatic heterocycles. The van der Waals surface area contributed by atoms with Crippen molar-refractivity contribution in [2.24, 2.45) is 0 Å². The van der Waals surface area contributed by atoms with E-state index in [0.29, 0.717) is 13.0 Å². The molecule has 0 rings (SSSR count). The summed E-state index contributed by atoms with van der Waals surface area (Å²) in [5.41, 5.74) is 0. The van der Waals surface area contributed by atoms with Crippen LogP contribution in [0.1, 0.15) is 23.1 Å². The van der Waals surface area contributed by atoms with Gasteiger partial charge in [-0.15, -0.1) is 0 Å². The Labute approximate surface area is 82.6 Å². The summed E-state index contributed by atoms with van der Waals surface area (Å²) in [6.07, 6.45) is 0.480. The molecule has 46 valence electrons. The maximum atomic E-state index is 10.2. The monoisotopic (exact) mass is 144 g/mol. The molecule has 2 nitrogen and oxygen atoms in total. The average molecular weight is 144 g/mol. The van der Waals surface area contributed by atoms with Crippen molar-refractivity contribution < 1.29 is 12.4 Å². The Morgan fingerprint density at radius 3 is 2.25 bits per heavy atom. The van der Waals surface area contributed by atoms with Gasteiger partial charge >= 0.3 is 43.7 Å². The molecule has 0 heterocycles. The van der Waals surface area contributed by atoms with E-state index in [4.69, 9.17) is 0 Å². The molecule has 0 saturated heterocycles. The number of carbonyl (C=O) groups excluding carboxylic acids is 1. The van der Waals surface area contributed by atoms with Crippen molar-refractivity contribution in [3.8, 4) is 0 Å². The first-order chi connectivity index (χ1) is 3.31. The number of rotatable bonds is 2. The van der Waals surface area contributed by atoms with E-state index in [0.717, 1.165) is 0 Å². The van der Waals surface area contributed by atoms with E-state index in [-0.39, 0.29) is 46.6 Å². The van der Waals surface area contributed by atoms with E-state index in [1.165, 1.54) is 0 Å². The smallest absolute Gasteiger partial charge is 1.00 e. The molecule has 3 heteroatoms. The van der Waals surface area contributed by atoms with E-state index < -0.39 is 0 Å². The van der Waals surface area contributed by atoms with Crippen LogP contribution in [-0.2, 0) is 9.53 Å². The normalized spacial score (nSPS) is 7.25. The van der Waals surface area contributed by atoms with Gasteiger partial charge in [0.1, 0.15) is 0 Å². The zero-order valence-corrected chi connectivity index (χ0v) is 7.65. The van der Waals surface area contributed by atoms with E-state index in [9.17, 15) is 4.79 Å². The molecule has 8 heavy (non-hydrogen) atoms. The predicted molar refractivity (Wildman–Crippen MR) is 34.9 cm³/mol. The van der Waals surface area contributed by atoms with Crippen LogP contribution in [0.2, 0.25) is 0 Å². The van der Waals surface area contributed by atoms with Crippen LogP contribution in [0, 0.1) is 0 Å². The summed E-state index contributed by atoms with van der Waals surface area (Å²) in [6.45, 7) is 4.07. The third-order valence-corrected chi connectivity index (χ3v) is 0.594. The van der Waals surface area contributed by atoms with E-state index >= 15 is 0 Å². The van der Waals surface area contributed by atoms with E-state index in [1.807, 2.05) is 0 Å². The van der Waals surface area contributed by atoms with Gasteiger partial charge in [-0.25, -0.2) is 0 Å². The van der Waals surface area contributed by atoms with E-state index in [1.54, 1.807) is 13.8 Å². The van der Waals surface area contributed by atoms with Crippen LogP contribution in [0.25, 0.3) is 0 Å². The predicted octanol–water partition coefficient (Wildman–Crippen LogP) is 0.804. The fraction of sp³-hybridized carbons (Fsp3) is 0.800. The molecule has 0 saturated carbocycles. The van der Waals surface area contributed by atoms with Crippen LogP contribution in [0.4, 0.5) is 0 Å². The third-order valence-electron chi connectivity index (χ3n) is 0.594. The van der Waals surface area contributed by atoms with Crippen molar-refractivity contribution in [2.45, 2.75) is 20.3 Å². The average Bonchev–Trinajstić information content (AvgIpc) is 1.68. The van der Waals surface area contributed by atoms with Gasteiger partial charge < -0.3 is 7.59 Å². The molecule has 0 aromatic carbocycles. The first-order valence-corrected chi connectivity index (χ1v) is 2.46. The van der Waals surface area contributed by atoms with Crippen molar-refractivity contribution in [1.29, 1.82) is 0 Å². The Hall–Kier alpha value is 0.730. The topological polar surface area (TPSA) is 26.3 Å². The van der Waals surface area contributed by atoms with Crippen molar-refractivity contribution >= 4 is 43.7 Å². The molecular weight excluding hydrogens is 132 g/mol. The molecule has 0 radical (unpaired) electrons. The number of hydrogen-bond acceptors (Lipinski definition) is 2. The largest absolute Gasteiger partial charge is 2.00 e. The Bertz CT molecular complexity index is 70.7. The number of esters is 1. The van der Waals surface area contributed by atoms with Crippen molar-refractivity contribution in [3.63, 3.8) is 0 Å². The molecule has 0 fully saturated rings. The zero-order valence-electron chi connectivity index (χ0n) is 7.44. The van der Waals surface area contributed by atoms with Gasteiger partial charge in [-0.1, -0.05) is 6.92 Å². The second-order valence-corrected chi connectivity index (χ2v) is 1.16. The molecule has 0 unspecified atom stereocenters. The fourth-order valence-electron chi connectivity index (χ4n) is 0.263. The standard InChI is InChI=1S/C5H10O2.Ca.2H/c1-3-5(6)7-4-2;;;/h3-4H2,1-2H3;;;/q;+2;2*-1. The molecule has 0 aliphatic heterocycles. The van der Waals surface area contributed by atoms with Gasteiger partial charge in [-0.05, 0) is 6.92 Å². The minimum absolute atomic E-state index is 0. The maximum absolute atomic E-state index is 10.2. The fourth-order valence-corrected chi connectivity index (χ4v) is 0.263. The molecular formula is C5H12CaO2. The molecule has 0 bridgehead atoms. The minimum Gasteiger partial charge on any atom is -1.00 e. The van der Waals surface area contributed by atoms with Gasteiger partial charge in [0.2, 0.25) is 0 Å². The minimum atomic E-state index is -0.123. The van der Waals surface area contributed by atoms with E-state index in [2.05, 4.69) is 4.74 Å². The molecule has 0 amide bonds. The summed E-state index contributed by atoms with van der Waals surface area (Å²) in [7, 11) is 0. The van der Waals surface area contributed by atoms with Crippen LogP contribution in [-0.4, -0.2) is 50.3 Å². The maximum Gasteiger partial charge on any atom is 2.00 e. The zero-order chi connectivity index (χ0) is 5.70. The van der Waals surface area contributed by atoms with Crippen LogP contribution in [0.15, 0.2) is 0 Å². The number of hydrogen-bond donors (Lipinski definition) is 0. The molecule has 0 spiro atoms. The Kier molecular flexibility index (Phi) is 11.1. The SMILES string of the molecule is CCOC(=O)CC.[Ca+2].[H-].[H-]. The summed E-state index contributed by atoms with van der Waals surface area (Å²) >= 11 is 0. The van der Waals surface area contributed by atoms with Gasteiger partial charge in [-0.2, -0.15) is 0 Å². The summed E-state index contributed by atoms with van der Waals surface area (Å²) < 4.78 is 4.55. The van der Waals surface area contributed by atoms with Crippen LogP contribution < -0.4 is 0 Å². The Morgan fingerprint density at radius 2 is 2.12 bits per heavy atom. The number of carbonyl (C=O) groups is 1. The second-order valence-electron chi connectivity index (χ2n) is 1.16. The second kappa shape index (κ2) is 7.73. The van der Waals surface area contributed by atoms with Gasteiger partial charge in [0.25, 0.3) is 0 Å². The van der Waals surface area contributed by atoms with Crippen LogP contribution >= 0.6 is 0 Å². The summed E-state index contributed by atoms with van der Waals surface area (Å²) in [5, 5.41) is 0. The Balaban J connectivity index is -0.0000000600. The molecule has 0 aliphatic rings. The first-order valence-electron chi connectivity index (χ1n) is 2.46. The Morgan fingerprint density at radius 1 is 1.62 bits per heavy atom. The van der Waals surface area contributed by atoms with Gasteiger partial charge in [0.15, 0.2) is 0 Å². The van der Waals surface area contributed by atoms with Crippen LogP contribution in [0.5, 0.6) is 0 Å². The number of ether oxygens (including phenoxy) is 1. The van der Waals surface area contributed by atoms with Gasteiger partial charge in [0, 0.05) is 6.42 Å². The summed E-state index contributed by atoms with van der Waals surface area (Å²) in [5.74, 6) is -0.123.